The summed E-state index contributed by atoms with van der Waals surface area (Å²) in [7, 11) is 0. The number of nitrogens with zero attached hydrogens (tertiary/aromatic N) is 2. The minimum Gasteiger partial charge on any atom is -0.508 e. The van der Waals surface area contributed by atoms with Crippen molar-refractivity contribution in [2.75, 3.05) is 0 Å². The van der Waals surface area contributed by atoms with Gasteiger partial charge >= 0.3 is 0 Å². The first-order valence-electron chi connectivity index (χ1n) is 7.32. The standard InChI is InChI=1S/C17H17N3O3/c1-9(2)12-5-13(16(23)6-15(12)22)14(21)4-10-3-11-8-19-20-17(11)18-7-10/h3,5-9,22-23H,4H2,1-2H3,(H,18,19,20). The zero-order chi connectivity index (χ0) is 16.6. The lowest BCUT2D eigenvalue weighted by Crippen LogP contribution is -2.06. The number of carbonyl (C=O) groups is 1. The number of nitrogens with one attached hydrogen (secondary N) is 1. The van der Waals surface area contributed by atoms with Gasteiger partial charge in [-0.05, 0) is 29.2 Å². The Bertz CT molecular complexity index is 884. The maximum Gasteiger partial charge on any atom is 0.171 e. The highest BCUT2D eigenvalue weighted by Crippen LogP contribution is 2.32. The molecule has 6 heteroatoms. The lowest BCUT2D eigenvalue weighted by molar-refractivity contribution is 0.0990. The smallest absolute Gasteiger partial charge is 0.171 e. The van der Waals surface area contributed by atoms with Gasteiger partial charge in [-0.2, -0.15) is 5.10 Å². The number of benzene rings is 1. The quantitative estimate of drug-likeness (QED) is 0.643. The van der Waals surface area contributed by atoms with E-state index in [-0.39, 0.29) is 35.2 Å². The lowest BCUT2D eigenvalue weighted by atomic mass is 9.95. The van der Waals surface area contributed by atoms with Crippen molar-refractivity contribution in [1.82, 2.24) is 15.2 Å². The number of ketones is 1. The Morgan fingerprint density at radius 1 is 1.17 bits per heavy atom. The van der Waals surface area contributed by atoms with Crippen molar-refractivity contribution < 1.29 is 15.0 Å². The summed E-state index contributed by atoms with van der Waals surface area (Å²) < 4.78 is 0. The second-order valence-electron chi connectivity index (χ2n) is 5.83. The average molecular weight is 311 g/mol. The molecule has 0 bridgehead atoms. The maximum absolute atomic E-state index is 12.5. The number of phenolic OH excluding ortho intramolecular Hbond substituents is 2. The van der Waals surface area contributed by atoms with E-state index in [9.17, 15) is 15.0 Å². The summed E-state index contributed by atoms with van der Waals surface area (Å²) in [6.45, 7) is 3.83. The van der Waals surface area contributed by atoms with Gasteiger partial charge in [0.2, 0.25) is 0 Å². The van der Waals surface area contributed by atoms with Crippen LogP contribution in [0, 0.1) is 0 Å². The molecular weight excluding hydrogens is 294 g/mol. The number of hydrogen-bond donors (Lipinski definition) is 3. The molecule has 2 heterocycles. The molecule has 23 heavy (non-hydrogen) atoms. The van der Waals surface area contributed by atoms with E-state index in [4.69, 9.17) is 0 Å². The van der Waals surface area contributed by atoms with Crippen LogP contribution in [0.1, 0.15) is 41.3 Å². The van der Waals surface area contributed by atoms with Crippen molar-refractivity contribution >= 4 is 16.8 Å². The first-order chi connectivity index (χ1) is 11.0. The van der Waals surface area contributed by atoms with Gasteiger partial charge in [0, 0.05) is 24.1 Å². The molecule has 0 spiro atoms. The van der Waals surface area contributed by atoms with Crippen LogP contribution in [0.4, 0.5) is 0 Å². The molecule has 0 aliphatic carbocycles. The van der Waals surface area contributed by atoms with Crippen molar-refractivity contribution in [3.05, 3.63) is 47.3 Å². The molecule has 0 atom stereocenters. The first-order valence-corrected chi connectivity index (χ1v) is 7.32. The third-order valence-corrected chi connectivity index (χ3v) is 3.78. The number of Topliss-reactive ketones (excluding diaryl/α,β-unsaturated/α-hetero) is 1. The van der Waals surface area contributed by atoms with Gasteiger partial charge in [0.1, 0.15) is 11.5 Å². The number of rotatable bonds is 4. The molecule has 0 saturated carbocycles. The van der Waals surface area contributed by atoms with Gasteiger partial charge in [-0.1, -0.05) is 13.8 Å². The van der Waals surface area contributed by atoms with E-state index < -0.39 is 0 Å². The van der Waals surface area contributed by atoms with Gasteiger partial charge in [0.05, 0.1) is 11.8 Å². The predicted molar refractivity (Wildman–Crippen MR) is 85.8 cm³/mol. The molecule has 0 aliphatic heterocycles. The Morgan fingerprint density at radius 2 is 1.96 bits per heavy atom. The summed E-state index contributed by atoms with van der Waals surface area (Å²) in [6, 6.07) is 4.62. The molecule has 0 radical (unpaired) electrons. The highest BCUT2D eigenvalue weighted by atomic mass is 16.3. The number of hydrogen-bond acceptors (Lipinski definition) is 5. The number of aromatic nitrogens is 3. The molecule has 0 saturated heterocycles. The Labute approximate surface area is 132 Å². The van der Waals surface area contributed by atoms with Crippen LogP contribution < -0.4 is 0 Å². The largest absolute Gasteiger partial charge is 0.508 e. The fourth-order valence-corrected chi connectivity index (χ4v) is 2.54. The summed E-state index contributed by atoms with van der Waals surface area (Å²) in [5, 5.41) is 27.3. The van der Waals surface area contributed by atoms with E-state index in [1.54, 1.807) is 18.5 Å². The van der Waals surface area contributed by atoms with E-state index in [0.717, 1.165) is 10.9 Å². The molecule has 3 rings (SSSR count). The second-order valence-corrected chi connectivity index (χ2v) is 5.83. The Hall–Kier alpha value is -2.89. The maximum atomic E-state index is 12.5. The van der Waals surface area contributed by atoms with E-state index in [0.29, 0.717) is 11.2 Å². The molecule has 118 valence electrons. The number of aromatic amines is 1. The number of pyridine rings is 1. The van der Waals surface area contributed by atoms with Crippen molar-refractivity contribution in [2.24, 2.45) is 0 Å². The summed E-state index contributed by atoms with van der Waals surface area (Å²) in [4.78, 5) is 16.7. The normalized spacial score (nSPS) is 11.3. The third-order valence-electron chi connectivity index (χ3n) is 3.78. The SMILES string of the molecule is CC(C)c1cc(C(=O)Cc2cnc3[nH]ncc3c2)c(O)cc1O. The van der Waals surface area contributed by atoms with Crippen LogP contribution in [0.25, 0.3) is 11.0 Å². The van der Waals surface area contributed by atoms with Crippen molar-refractivity contribution in [3.8, 4) is 11.5 Å². The van der Waals surface area contributed by atoms with Gasteiger partial charge in [-0.25, -0.2) is 4.98 Å². The van der Waals surface area contributed by atoms with Crippen molar-refractivity contribution in [3.63, 3.8) is 0 Å². The topological polar surface area (TPSA) is 99.1 Å². The minimum absolute atomic E-state index is 0.00414. The summed E-state index contributed by atoms with van der Waals surface area (Å²) in [5.74, 6) is -0.398. The molecule has 0 unspecified atom stereocenters. The van der Waals surface area contributed by atoms with E-state index >= 15 is 0 Å². The first kappa shape index (κ1) is 15.0. The zero-order valence-corrected chi connectivity index (χ0v) is 12.9. The summed E-state index contributed by atoms with van der Waals surface area (Å²) in [5.41, 5.74) is 2.24. The van der Waals surface area contributed by atoms with Crippen LogP contribution in [0.2, 0.25) is 0 Å². The third kappa shape index (κ3) is 2.88. The van der Waals surface area contributed by atoms with Crippen LogP contribution in [-0.4, -0.2) is 31.2 Å². The predicted octanol–water partition coefficient (Wildman–Crippen LogP) is 2.92. The zero-order valence-electron chi connectivity index (χ0n) is 12.9. The van der Waals surface area contributed by atoms with E-state index in [1.165, 1.54) is 6.07 Å². The van der Waals surface area contributed by atoms with Crippen LogP contribution in [-0.2, 0) is 6.42 Å². The molecule has 1 aromatic carbocycles. The van der Waals surface area contributed by atoms with Gasteiger partial charge in [0.15, 0.2) is 11.4 Å². The molecule has 0 aliphatic rings. The van der Waals surface area contributed by atoms with Crippen LogP contribution in [0.5, 0.6) is 11.5 Å². The molecule has 0 amide bonds. The van der Waals surface area contributed by atoms with E-state index in [2.05, 4.69) is 15.2 Å². The molecule has 3 aromatic rings. The van der Waals surface area contributed by atoms with Crippen LogP contribution >= 0.6 is 0 Å². The molecule has 2 aromatic heterocycles. The molecule has 0 fully saturated rings. The Kier molecular flexibility index (Phi) is 3.73. The van der Waals surface area contributed by atoms with Gasteiger partial charge in [-0.3, -0.25) is 9.89 Å². The lowest BCUT2D eigenvalue weighted by Gasteiger charge is -2.12. The Morgan fingerprint density at radius 3 is 2.70 bits per heavy atom. The summed E-state index contributed by atoms with van der Waals surface area (Å²) >= 11 is 0. The Balaban J connectivity index is 1.92. The van der Waals surface area contributed by atoms with Crippen LogP contribution in [0.15, 0.2) is 30.6 Å². The number of fused-ring (bicyclic) bond motifs is 1. The summed E-state index contributed by atoms with van der Waals surface area (Å²) in [6.07, 6.45) is 3.37. The van der Waals surface area contributed by atoms with Gasteiger partial charge in [-0.15, -0.1) is 0 Å². The molecule has 3 N–H and O–H groups in total. The monoisotopic (exact) mass is 311 g/mol. The highest BCUT2D eigenvalue weighted by molar-refractivity contribution is 6.00. The average Bonchev–Trinajstić information content (AvgIpc) is 2.94. The van der Waals surface area contributed by atoms with Gasteiger partial charge in [0.25, 0.3) is 0 Å². The van der Waals surface area contributed by atoms with Crippen molar-refractivity contribution in [2.45, 2.75) is 26.2 Å². The molecular formula is C17H17N3O3. The van der Waals surface area contributed by atoms with Crippen LogP contribution in [0.3, 0.4) is 0 Å². The number of phenols is 2. The fraction of sp³-hybridized carbons (Fsp3) is 0.235. The van der Waals surface area contributed by atoms with Crippen molar-refractivity contribution in [1.29, 1.82) is 0 Å². The highest BCUT2D eigenvalue weighted by Gasteiger charge is 2.17. The second kappa shape index (κ2) is 5.72. The molecule has 6 nitrogen and oxygen atoms in total. The number of H-pyrrole nitrogens is 1. The van der Waals surface area contributed by atoms with E-state index in [1.807, 2.05) is 19.9 Å². The number of carbonyl (C=O) groups excluding carboxylic acids is 1. The fourth-order valence-electron chi connectivity index (χ4n) is 2.54. The minimum atomic E-state index is -0.228. The van der Waals surface area contributed by atoms with Gasteiger partial charge < -0.3 is 10.2 Å². The number of aromatic hydroxyl groups is 2.